The number of carbonyl (C=O) groups is 1. The largest absolute Gasteiger partial charge is 0.461 e. The number of nitrogens with zero attached hydrogens (tertiary/aromatic N) is 1. The van der Waals surface area contributed by atoms with E-state index in [-0.39, 0.29) is 18.4 Å². The molecule has 1 unspecified atom stereocenters. The zero-order valence-electron chi connectivity index (χ0n) is 13.2. The van der Waals surface area contributed by atoms with E-state index in [1.54, 1.807) is 0 Å². The van der Waals surface area contributed by atoms with Gasteiger partial charge in [-0.1, -0.05) is 66.7 Å². The first-order valence-electron chi connectivity index (χ1n) is 8.06. The van der Waals surface area contributed by atoms with Gasteiger partial charge in [0.2, 0.25) is 0 Å². The maximum Gasteiger partial charge on any atom is 0.308 e. The minimum Gasteiger partial charge on any atom is -0.461 e. The minimum atomic E-state index is -0.222. The predicted molar refractivity (Wildman–Crippen MR) is 93.8 cm³/mol. The maximum atomic E-state index is 12.2. The van der Waals surface area contributed by atoms with Crippen molar-refractivity contribution in [1.29, 1.82) is 0 Å². The first kappa shape index (κ1) is 14.6. The third-order valence-corrected chi connectivity index (χ3v) is 4.26. The van der Waals surface area contributed by atoms with Gasteiger partial charge in [0.05, 0.1) is 17.8 Å². The van der Waals surface area contributed by atoms with E-state index in [1.807, 2.05) is 54.6 Å². The van der Waals surface area contributed by atoms with Crippen molar-refractivity contribution in [3.05, 3.63) is 82.9 Å². The van der Waals surface area contributed by atoms with E-state index in [4.69, 9.17) is 4.74 Å². The highest BCUT2D eigenvalue weighted by Gasteiger charge is 2.15. The molecule has 3 heteroatoms. The zero-order valence-corrected chi connectivity index (χ0v) is 13.2. The summed E-state index contributed by atoms with van der Waals surface area (Å²) >= 11 is 0. The summed E-state index contributed by atoms with van der Waals surface area (Å²) in [4.78, 5) is 16.7. The molecule has 0 radical (unpaired) electrons. The molecule has 0 saturated carbocycles. The molecular formula is C21H17NO2. The number of fused-ring (bicyclic) bond motifs is 2. The highest BCUT2D eigenvalue weighted by Crippen LogP contribution is 2.19. The average molecular weight is 315 g/mol. The number of benzene rings is 3. The second kappa shape index (κ2) is 6.28. The molecule has 3 aromatic carbocycles. The Balaban J connectivity index is 1.43. The molecule has 4 rings (SSSR count). The van der Waals surface area contributed by atoms with Crippen LogP contribution in [0.5, 0.6) is 0 Å². The van der Waals surface area contributed by atoms with Gasteiger partial charge in [-0.05, 0) is 27.6 Å². The fraction of sp³-hybridized carbons (Fsp3) is 0.143. The van der Waals surface area contributed by atoms with Crippen molar-refractivity contribution >= 4 is 22.8 Å². The first-order valence-corrected chi connectivity index (χ1v) is 8.06. The average Bonchev–Trinajstić information content (AvgIpc) is 3.02. The van der Waals surface area contributed by atoms with Crippen LogP contribution in [0.4, 0.5) is 0 Å². The van der Waals surface area contributed by atoms with E-state index in [1.165, 1.54) is 0 Å². The molecule has 0 N–H and O–H groups in total. The van der Waals surface area contributed by atoms with Gasteiger partial charge < -0.3 is 4.74 Å². The Labute approximate surface area is 139 Å². The molecule has 1 aliphatic heterocycles. The normalized spacial score (nSPS) is 15.4. The molecular weight excluding hydrogens is 298 g/mol. The fourth-order valence-corrected chi connectivity index (χ4v) is 3.08. The van der Waals surface area contributed by atoms with Crippen LogP contribution in [0, 0.1) is 0 Å². The fourth-order valence-electron chi connectivity index (χ4n) is 3.08. The molecule has 118 valence electrons. The van der Waals surface area contributed by atoms with E-state index in [0.717, 1.165) is 26.9 Å². The molecule has 3 aromatic rings. The maximum absolute atomic E-state index is 12.2. The number of hydrogen-bond donors (Lipinski definition) is 0. The Bertz CT molecular complexity index is 983. The molecule has 1 heterocycles. The lowest BCUT2D eigenvalue weighted by Gasteiger charge is -2.09. The van der Waals surface area contributed by atoms with E-state index < -0.39 is 0 Å². The first-order chi connectivity index (χ1) is 11.8. The number of rotatable bonds is 4. The lowest BCUT2D eigenvalue weighted by molar-refractivity contribution is -0.144. The van der Waals surface area contributed by atoms with Gasteiger partial charge in [0.1, 0.15) is 6.61 Å². The Morgan fingerprint density at radius 1 is 0.958 bits per heavy atom. The smallest absolute Gasteiger partial charge is 0.308 e. The minimum absolute atomic E-state index is 0.123. The van der Waals surface area contributed by atoms with Crippen molar-refractivity contribution in [2.45, 2.75) is 19.1 Å². The van der Waals surface area contributed by atoms with Crippen LogP contribution in [0.1, 0.15) is 12.0 Å². The van der Waals surface area contributed by atoms with Gasteiger partial charge in [-0.15, -0.1) is 0 Å². The van der Waals surface area contributed by atoms with Crippen LogP contribution in [0.2, 0.25) is 0 Å². The van der Waals surface area contributed by atoms with Crippen molar-refractivity contribution in [1.82, 2.24) is 0 Å². The Morgan fingerprint density at radius 3 is 2.67 bits per heavy atom. The van der Waals surface area contributed by atoms with Crippen LogP contribution in [0.15, 0.2) is 71.7 Å². The molecule has 0 bridgehead atoms. The molecule has 3 nitrogen and oxygen atoms in total. The predicted octanol–water partition coefficient (Wildman–Crippen LogP) is 2.76. The van der Waals surface area contributed by atoms with E-state index in [9.17, 15) is 4.79 Å². The molecule has 0 aromatic heterocycles. The number of para-hydroxylation sites is 1. The Morgan fingerprint density at radius 2 is 1.75 bits per heavy atom. The highest BCUT2D eigenvalue weighted by atomic mass is 16.5. The zero-order chi connectivity index (χ0) is 16.4. The van der Waals surface area contributed by atoms with Crippen molar-refractivity contribution in [2.24, 2.45) is 4.99 Å². The van der Waals surface area contributed by atoms with E-state index in [0.29, 0.717) is 6.61 Å². The van der Waals surface area contributed by atoms with Gasteiger partial charge in [-0.25, -0.2) is 0 Å². The van der Waals surface area contributed by atoms with E-state index >= 15 is 0 Å². The lowest BCUT2D eigenvalue weighted by atomic mass is 10.1. The summed E-state index contributed by atoms with van der Waals surface area (Å²) in [6.07, 6.45) is 2.30. The molecule has 1 aliphatic rings. The second-order valence-electron chi connectivity index (χ2n) is 5.93. The van der Waals surface area contributed by atoms with Gasteiger partial charge in [0.25, 0.3) is 0 Å². The SMILES string of the molecule is O=C(CC1C=c2ccccc2=N1)OCc1cccc2ccccc12. The topological polar surface area (TPSA) is 38.7 Å². The molecule has 1 atom stereocenters. The summed E-state index contributed by atoms with van der Waals surface area (Å²) in [5.41, 5.74) is 1.03. The van der Waals surface area contributed by atoms with Gasteiger partial charge in [0.15, 0.2) is 0 Å². The summed E-state index contributed by atoms with van der Waals surface area (Å²) in [5.74, 6) is -0.222. The quantitative estimate of drug-likeness (QED) is 0.694. The summed E-state index contributed by atoms with van der Waals surface area (Å²) < 4.78 is 5.48. The molecule has 0 saturated heterocycles. The van der Waals surface area contributed by atoms with Crippen LogP contribution in [-0.4, -0.2) is 12.0 Å². The van der Waals surface area contributed by atoms with Crippen LogP contribution < -0.4 is 10.6 Å². The van der Waals surface area contributed by atoms with Gasteiger partial charge in [0, 0.05) is 0 Å². The lowest BCUT2D eigenvalue weighted by Crippen LogP contribution is -2.19. The van der Waals surface area contributed by atoms with Crippen molar-refractivity contribution in [2.75, 3.05) is 0 Å². The second-order valence-corrected chi connectivity index (χ2v) is 5.93. The monoisotopic (exact) mass is 315 g/mol. The van der Waals surface area contributed by atoms with Gasteiger partial charge in [-0.2, -0.15) is 0 Å². The summed E-state index contributed by atoms with van der Waals surface area (Å²) in [6, 6.07) is 22.0. The van der Waals surface area contributed by atoms with Crippen LogP contribution in [0.25, 0.3) is 16.8 Å². The molecule has 0 amide bonds. The third kappa shape index (κ3) is 2.93. The van der Waals surface area contributed by atoms with Crippen molar-refractivity contribution < 1.29 is 9.53 Å². The third-order valence-electron chi connectivity index (χ3n) is 4.26. The van der Waals surface area contributed by atoms with Crippen LogP contribution in [-0.2, 0) is 16.1 Å². The number of esters is 1. The summed E-state index contributed by atoms with van der Waals surface area (Å²) in [7, 11) is 0. The van der Waals surface area contributed by atoms with Gasteiger partial charge >= 0.3 is 5.97 Å². The number of carbonyl (C=O) groups excluding carboxylic acids is 1. The highest BCUT2D eigenvalue weighted by molar-refractivity contribution is 5.85. The molecule has 0 spiro atoms. The molecule has 0 fully saturated rings. The molecule has 0 aliphatic carbocycles. The Hall–Kier alpha value is -2.94. The van der Waals surface area contributed by atoms with Crippen LogP contribution in [0.3, 0.4) is 0 Å². The Kier molecular flexibility index (Phi) is 3.83. The summed E-state index contributed by atoms with van der Waals surface area (Å²) in [5, 5.41) is 4.31. The number of ether oxygens (including phenoxy) is 1. The van der Waals surface area contributed by atoms with E-state index in [2.05, 4.69) is 23.2 Å². The standard InChI is InChI=1S/C21H17NO2/c23-21(13-18-12-16-7-2-4-11-20(16)22-18)24-14-17-9-5-8-15-6-1-3-10-19(15)17/h1-12,18H,13-14H2. The van der Waals surface area contributed by atoms with Crippen molar-refractivity contribution in [3.8, 4) is 0 Å². The van der Waals surface area contributed by atoms with Crippen LogP contribution >= 0.6 is 0 Å². The van der Waals surface area contributed by atoms with Crippen molar-refractivity contribution in [3.63, 3.8) is 0 Å². The number of hydrogen-bond acceptors (Lipinski definition) is 3. The summed E-state index contributed by atoms with van der Waals surface area (Å²) in [6.45, 7) is 0.292. The van der Waals surface area contributed by atoms with Gasteiger partial charge in [-0.3, -0.25) is 9.79 Å². The molecule has 24 heavy (non-hydrogen) atoms.